The highest BCUT2D eigenvalue weighted by Crippen LogP contribution is 2.26. The van der Waals surface area contributed by atoms with Crippen molar-refractivity contribution in [3.05, 3.63) is 65.4 Å². The minimum Gasteiger partial charge on any atom is -0.497 e. The van der Waals surface area contributed by atoms with Gasteiger partial charge in [0.05, 0.1) is 12.7 Å². The molecular weight excluding hydrogens is 294 g/mol. The van der Waals surface area contributed by atoms with E-state index in [1.165, 1.54) is 0 Å². The maximum absolute atomic E-state index is 11.3. The number of rotatable bonds is 5. The molecule has 1 N–H and O–H groups in total. The Labute approximate surface area is 132 Å². The van der Waals surface area contributed by atoms with Crippen LogP contribution in [0.4, 0.5) is 0 Å². The number of ether oxygens (including phenoxy) is 1. The van der Waals surface area contributed by atoms with Crippen molar-refractivity contribution in [3.63, 3.8) is 0 Å². The molecular formula is C18H15NO4. The van der Waals surface area contributed by atoms with Crippen molar-refractivity contribution in [3.8, 4) is 5.75 Å². The Morgan fingerprint density at radius 2 is 2.09 bits per heavy atom. The highest BCUT2D eigenvalue weighted by atomic mass is 16.5. The van der Waals surface area contributed by atoms with E-state index in [9.17, 15) is 9.59 Å². The highest BCUT2D eigenvalue weighted by Gasteiger charge is 2.10. The predicted molar refractivity (Wildman–Crippen MR) is 86.4 cm³/mol. The second-order valence-electron chi connectivity index (χ2n) is 5.22. The van der Waals surface area contributed by atoms with E-state index < -0.39 is 5.97 Å². The third-order valence-corrected chi connectivity index (χ3v) is 3.77. The Morgan fingerprint density at radius 3 is 2.78 bits per heavy atom. The van der Waals surface area contributed by atoms with Crippen molar-refractivity contribution in [2.45, 2.75) is 6.54 Å². The standard InChI is InChI=1S/C18H15NO4/c1-23-15-5-6-17-16(8-15)14(11-20)10-19(17)9-12-3-2-4-13(7-12)18(21)22/h2-8,10-11H,9H2,1H3,(H,21,22). The zero-order valence-corrected chi connectivity index (χ0v) is 12.5. The van der Waals surface area contributed by atoms with Crippen LogP contribution in [0.25, 0.3) is 10.9 Å². The summed E-state index contributed by atoms with van der Waals surface area (Å²) in [6, 6.07) is 12.3. The molecule has 0 atom stereocenters. The molecule has 3 rings (SSSR count). The van der Waals surface area contributed by atoms with Gasteiger partial charge in [-0.2, -0.15) is 0 Å². The Morgan fingerprint density at radius 1 is 1.26 bits per heavy atom. The molecule has 0 aliphatic carbocycles. The van der Waals surface area contributed by atoms with Crippen LogP contribution in [0.3, 0.4) is 0 Å². The lowest BCUT2D eigenvalue weighted by Gasteiger charge is -2.07. The number of fused-ring (bicyclic) bond motifs is 1. The predicted octanol–water partition coefficient (Wildman–Crippen LogP) is 3.21. The van der Waals surface area contributed by atoms with Gasteiger partial charge in [-0.3, -0.25) is 4.79 Å². The summed E-state index contributed by atoms with van der Waals surface area (Å²) in [5, 5.41) is 9.89. The Balaban J connectivity index is 2.05. The number of methoxy groups -OCH3 is 1. The zero-order valence-electron chi connectivity index (χ0n) is 12.5. The van der Waals surface area contributed by atoms with E-state index in [1.54, 1.807) is 31.5 Å². The molecule has 0 aliphatic rings. The minimum absolute atomic E-state index is 0.247. The molecule has 5 nitrogen and oxygen atoms in total. The van der Waals surface area contributed by atoms with Gasteiger partial charge in [-0.05, 0) is 35.9 Å². The van der Waals surface area contributed by atoms with Gasteiger partial charge in [0, 0.05) is 29.2 Å². The van der Waals surface area contributed by atoms with Crippen LogP contribution in [0.2, 0.25) is 0 Å². The number of carbonyl (C=O) groups excluding carboxylic acids is 1. The van der Waals surface area contributed by atoms with E-state index in [-0.39, 0.29) is 5.56 Å². The van der Waals surface area contributed by atoms with Crippen LogP contribution < -0.4 is 4.74 Å². The molecule has 2 aromatic carbocycles. The summed E-state index contributed by atoms with van der Waals surface area (Å²) in [6.07, 6.45) is 2.58. The van der Waals surface area contributed by atoms with Gasteiger partial charge in [0.15, 0.2) is 6.29 Å². The molecule has 0 amide bonds. The van der Waals surface area contributed by atoms with Crippen LogP contribution in [0.1, 0.15) is 26.3 Å². The van der Waals surface area contributed by atoms with Crippen molar-refractivity contribution >= 4 is 23.2 Å². The first-order valence-electron chi connectivity index (χ1n) is 7.06. The van der Waals surface area contributed by atoms with Crippen molar-refractivity contribution < 1.29 is 19.4 Å². The van der Waals surface area contributed by atoms with Crippen LogP contribution >= 0.6 is 0 Å². The van der Waals surface area contributed by atoms with Gasteiger partial charge in [0.2, 0.25) is 0 Å². The number of aromatic carboxylic acids is 1. The van der Waals surface area contributed by atoms with Gasteiger partial charge in [0.1, 0.15) is 5.75 Å². The maximum Gasteiger partial charge on any atom is 0.335 e. The SMILES string of the molecule is COc1ccc2c(c1)c(C=O)cn2Cc1cccc(C(=O)O)c1. The monoisotopic (exact) mass is 309 g/mol. The van der Waals surface area contributed by atoms with Gasteiger partial charge in [-0.15, -0.1) is 0 Å². The number of aromatic nitrogens is 1. The normalized spacial score (nSPS) is 10.7. The zero-order chi connectivity index (χ0) is 16.4. The fourth-order valence-corrected chi connectivity index (χ4v) is 2.65. The number of hydrogen-bond acceptors (Lipinski definition) is 3. The van der Waals surface area contributed by atoms with Crippen LogP contribution in [-0.4, -0.2) is 29.0 Å². The molecule has 23 heavy (non-hydrogen) atoms. The molecule has 0 fully saturated rings. The summed E-state index contributed by atoms with van der Waals surface area (Å²) in [6.45, 7) is 0.484. The molecule has 0 aliphatic heterocycles. The topological polar surface area (TPSA) is 68.5 Å². The van der Waals surface area contributed by atoms with Gasteiger partial charge in [-0.1, -0.05) is 12.1 Å². The van der Waals surface area contributed by atoms with Gasteiger partial charge >= 0.3 is 5.97 Å². The maximum atomic E-state index is 11.3. The molecule has 0 bridgehead atoms. The summed E-state index contributed by atoms with van der Waals surface area (Å²) >= 11 is 0. The molecule has 0 unspecified atom stereocenters. The Bertz CT molecular complexity index is 895. The number of hydrogen-bond donors (Lipinski definition) is 1. The van der Waals surface area contributed by atoms with E-state index in [1.807, 2.05) is 28.8 Å². The lowest BCUT2D eigenvalue weighted by molar-refractivity contribution is 0.0696. The van der Waals surface area contributed by atoms with Crippen molar-refractivity contribution in [2.75, 3.05) is 7.11 Å². The summed E-state index contributed by atoms with van der Waals surface area (Å²) < 4.78 is 7.13. The third kappa shape index (κ3) is 2.81. The first kappa shape index (κ1) is 14.8. The van der Waals surface area contributed by atoms with E-state index in [2.05, 4.69) is 0 Å². The van der Waals surface area contributed by atoms with Crippen molar-refractivity contribution in [2.24, 2.45) is 0 Å². The van der Waals surface area contributed by atoms with Gasteiger partial charge in [0.25, 0.3) is 0 Å². The average Bonchev–Trinajstić information content (AvgIpc) is 2.92. The van der Waals surface area contributed by atoms with E-state index in [4.69, 9.17) is 9.84 Å². The van der Waals surface area contributed by atoms with Crippen LogP contribution in [0.5, 0.6) is 5.75 Å². The van der Waals surface area contributed by atoms with Crippen LogP contribution in [0.15, 0.2) is 48.7 Å². The number of carboxylic acids is 1. The fraction of sp³-hybridized carbons (Fsp3) is 0.111. The fourth-order valence-electron chi connectivity index (χ4n) is 2.65. The first-order chi connectivity index (χ1) is 11.1. The number of benzene rings is 2. The first-order valence-corrected chi connectivity index (χ1v) is 7.06. The summed E-state index contributed by atoms with van der Waals surface area (Å²) in [5.41, 5.74) is 2.58. The van der Waals surface area contributed by atoms with Crippen molar-refractivity contribution in [1.82, 2.24) is 4.57 Å². The Kier molecular flexibility index (Phi) is 3.85. The lowest BCUT2D eigenvalue weighted by Crippen LogP contribution is -2.01. The highest BCUT2D eigenvalue weighted by molar-refractivity contribution is 5.98. The third-order valence-electron chi connectivity index (χ3n) is 3.77. The van der Waals surface area contributed by atoms with E-state index in [0.717, 1.165) is 22.8 Å². The minimum atomic E-state index is -0.956. The molecule has 0 saturated heterocycles. The quantitative estimate of drug-likeness (QED) is 0.735. The average molecular weight is 309 g/mol. The number of aldehydes is 1. The molecule has 1 aromatic heterocycles. The molecule has 0 radical (unpaired) electrons. The molecule has 1 heterocycles. The Hall–Kier alpha value is -3.08. The summed E-state index contributed by atoms with van der Waals surface area (Å²) in [5.74, 6) is -0.270. The number of carbonyl (C=O) groups is 2. The van der Waals surface area contributed by atoms with Gasteiger partial charge < -0.3 is 14.4 Å². The summed E-state index contributed by atoms with van der Waals surface area (Å²) in [7, 11) is 1.58. The second-order valence-corrected chi connectivity index (χ2v) is 5.22. The smallest absolute Gasteiger partial charge is 0.335 e. The molecule has 0 saturated carbocycles. The van der Waals surface area contributed by atoms with E-state index in [0.29, 0.717) is 17.9 Å². The van der Waals surface area contributed by atoms with E-state index >= 15 is 0 Å². The number of nitrogens with zero attached hydrogens (tertiary/aromatic N) is 1. The van der Waals surface area contributed by atoms with Crippen LogP contribution in [-0.2, 0) is 6.54 Å². The largest absolute Gasteiger partial charge is 0.497 e. The second kappa shape index (κ2) is 5.96. The lowest BCUT2D eigenvalue weighted by atomic mass is 10.1. The molecule has 116 valence electrons. The molecule has 0 spiro atoms. The van der Waals surface area contributed by atoms with Gasteiger partial charge in [-0.25, -0.2) is 4.79 Å². The molecule has 5 heteroatoms. The van der Waals surface area contributed by atoms with Crippen LogP contribution in [0, 0.1) is 0 Å². The number of carboxylic acid groups (broad SMARTS) is 1. The van der Waals surface area contributed by atoms with Crippen molar-refractivity contribution in [1.29, 1.82) is 0 Å². The molecule has 3 aromatic rings. The summed E-state index contributed by atoms with van der Waals surface area (Å²) in [4.78, 5) is 22.4.